The molecule has 1 amide bonds. The summed E-state index contributed by atoms with van der Waals surface area (Å²) in [6.07, 6.45) is 2.29. The van der Waals surface area contributed by atoms with E-state index in [1.165, 1.54) is 11.8 Å². The van der Waals surface area contributed by atoms with Gasteiger partial charge in [-0.2, -0.15) is 0 Å². The van der Waals surface area contributed by atoms with E-state index in [0.29, 0.717) is 6.42 Å². The Morgan fingerprint density at radius 3 is 2.50 bits per heavy atom. The molecule has 0 fully saturated rings. The third kappa shape index (κ3) is 2.34. The van der Waals surface area contributed by atoms with Crippen molar-refractivity contribution < 1.29 is 4.79 Å². The molecule has 1 aliphatic heterocycles. The molecule has 0 saturated carbocycles. The van der Waals surface area contributed by atoms with Gasteiger partial charge in [-0.05, 0) is 30.5 Å². The van der Waals surface area contributed by atoms with Gasteiger partial charge in [0.25, 0.3) is 0 Å². The van der Waals surface area contributed by atoms with Gasteiger partial charge in [-0.15, -0.1) is 11.8 Å². The Labute approximate surface area is 122 Å². The number of para-hydroxylation sites is 3. The predicted molar refractivity (Wildman–Crippen MR) is 85.3 cm³/mol. The van der Waals surface area contributed by atoms with Crippen LogP contribution in [-0.2, 0) is 4.79 Å². The molecule has 0 spiro atoms. The van der Waals surface area contributed by atoms with E-state index in [4.69, 9.17) is 0 Å². The number of hydrogen-bond acceptors (Lipinski definition) is 3. The number of hydrogen-bond donors (Lipinski definition) is 0. The molecule has 0 atom stereocenters. The second kappa shape index (κ2) is 5.51. The minimum atomic E-state index is 0.0502. The number of amides is 1. The van der Waals surface area contributed by atoms with Gasteiger partial charge in [0.05, 0.1) is 22.8 Å². The Balaban J connectivity index is 2.16. The second-order valence-corrected chi connectivity index (χ2v) is 5.32. The van der Waals surface area contributed by atoms with Gasteiger partial charge in [-0.3, -0.25) is 9.69 Å². The lowest BCUT2D eigenvalue weighted by Gasteiger charge is -2.22. The normalized spacial score (nSPS) is 14.6. The first-order valence-electron chi connectivity index (χ1n) is 6.38. The van der Waals surface area contributed by atoms with Crippen LogP contribution in [0.1, 0.15) is 6.42 Å². The molecule has 0 bridgehead atoms. The molecule has 100 valence electrons. The summed E-state index contributed by atoms with van der Waals surface area (Å²) in [5, 5.41) is 0.848. The molecule has 3 nitrogen and oxygen atoms in total. The lowest BCUT2D eigenvalue weighted by atomic mass is 10.2. The monoisotopic (exact) mass is 282 g/mol. The van der Waals surface area contributed by atoms with Gasteiger partial charge in [-0.25, -0.2) is 4.99 Å². The van der Waals surface area contributed by atoms with Crippen LogP contribution in [0.5, 0.6) is 0 Å². The number of carbonyl (C=O) groups excluding carboxylic acids is 1. The number of benzene rings is 2. The first-order chi connectivity index (χ1) is 9.79. The van der Waals surface area contributed by atoms with Gasteiger partial charge in [-0.1, -0.05) is 30.3 Å². The minimum absolute atomic E-state index is 0.0502. The van der Waals surface area contributed by atoms with E-state index in [9.17, 15) is 4.79 Å². The molecule has 2 aromatic rings. The average Bonchev–Trinajstić information content (AvgIpc) is 2.63. The van der Waals surface area contributed by atoms with Crippen molar-refractivity contribution in [3.63, 3.8) is 0 Å². The van der Waals surface area contributed by atoms with Gasteiger partial charge < -0.3 is 0 Å². The largest absolute Gasteiger partial charge is 0.279 e. The van der Waals surface area contributed by atoms with Crippen LogP contribution in [0, 0.1) is 0 Å². The number of fused-ring (bicyclic) bond motifs is 1. The van der Waals surface area contributed by atoms with Crippen LogP contribution in [0.25, 0.3) is 0 Å². The zero-order valence-electron chi connectivity index (χ0n) is 11.1. The Bertz CT molecular complexity index is 667. The van der Waals surface area contributed by atoms with Crippen LogP contribution in [0.4, 0.5) is 17.1 Å². The predicted octanol–water partition coefficient (Wildman–Crippen LogP) is 4.15. The minimum Gasteiger partial charge on any atom is -0.279 e. The summed E-state index contributed by atoms with van der Waals surface area (Å²) < 4.78 is 0. The fraction of sp³-hybridized carbons (Fsp3) is 0.125. The zero-order chi connectivity index (χ0) is 13.9. The number of rotatable bonds is 1. The van der Waals surface area contributed by atoms with Crippen LogP contribution in [0.3, 0.4) is 0 Å². The number of nitrogens with zero attached hydrogens (tertiary/aromatic N) is 2. The van der Waals surface area contributed by atoms with Crippen LogP contribution >= 0.6 is 11.8 Å². The number of carbonyl (C=O) groups is 1. The SMILES string of the molecule is CSC1=Nc2ccccc2N(c2ccccc2)C(=O)C1. The molecule has 0 saturated heterocycles. The van der Waals surface area contributed by atoms with Crippen molar-refractivity contribution in [3.05, 3.63) is 54.6 Å². The molecule has 0 unspecified atom stereocenters. The highest BCUT2D eigenvalue weighted by atomic mass is 32.2. The van der Waals surface area contributed by atoms with Crippen molar-refractivity contribution in [1.82, 2.24) is 0 Å². The zero-order valence-corrected chi connectivity index (χ0v) is 11.9. The average molecular weight is 282 g/mol. The number of aliphatic imine (C=N–C) groups is 1. The standard InChI is InChI=1S/C16H14N2OS/c1-20-15-11-16(19)18(12-7-3-2-4-8-12)14-10-6-5-9-13(14)17-15/h2-10H,11H2,1H3. The number of anilines is 2. The fourth-order valence-electron chi connectivity index (χ4n) is 2.24. The highest BCUT2D eigenvalue weighted by Gasteiger charge is 2.24. The molecule has 3 rings (SSSR count). The maximum atomic E-state index is 12.6. The van der Waals surface area contributed by atoms with E-state index < -0.39 is 0 Å². The first-order valence-corrected chi connectivity index (χ1v) is 7.60. The summed E-state index contributed by atoms with van der Waals surface area (Å²) in [5.41, 5.74) is 2.56. The van der Waals surface area contributed by atoms with Gasteiger partial charge in [0.2, 0.25) is 5.91 Å². The van der Waals surface area contributed by atoms with E-state index >= 15 is 0 Å². The van der Waals surface area contributed by atoms with Crippen molar-refractivity contribution in [2.24, 2.45) is 4.99 Å². The molecule has 20 heavy (non-hydrogen) atoms. The molecular formula is C16H14N2OS. The molecular weight excluding hydrogens is 268 g/mol. The Hall–Kier alpha value is -2.07. The van der Waals surface area contributed by atoms with Gasteiger partial charge in [0.1, 0.15) is 0 Å². The Morgan fingerprint density at radius 2 is 1.75 bits per heavy atom. The van der Waals surface area contributed by atoms with Crippen LogP contribution < -0.4 is 4.90 Å². The quantitative estimate of drug-likeness (QED) is 0.787. The van der Waals surface area contributed by atoms with Crippen LogP contribution in [-0.4, -0.2) is 17.2 Å². The fourth-order valence-corrected chi connectivity index (χ4v) is 2.70. The van der Waals surface area contributed by atoms with E-state index in [1.807, 2.05) is 60.9 Å². The summed E-state index contributed by atoms with van der Waals surface area (Å²) in [6.45, 7) is 0. The third-order valence-corrected chi connectivity index (χ3v) is 3.88. The smallest absolute Gasteiger partial charge is 0.238 e. The third-order valence-electron chi connectivity index (χ3n) is 3.17. The van der Waals surface area contributed by atoms with E-state index in [0.717, 1.165) is 22.1 Å². The van der Waals surface area contributed by atoms with Crippen LogP contribution in [0.15, 0.2) is 59.6 Å². The molecule has 4 heteroatoms. The summed E-state index contributed by atoms with van der Waals surface area (Å²) in [7, 11) is 0. The number of thioether (sulfide) groups is 1. The van der Waals surface area contributed by atoms with Gasteiger partial charge in [0, 0.05) is 5.69 Å². The summed E-state index contributed by atoms with van der Waals surface area (Å²) in [6, 6.07) is 17.5. The molecule has 2 aromatic carbocycles. The van der Waals surface area contributed by atoms with Crippen molar-refractivity contribution in [3.8, 4) is 0 Å². The first kappa shape index (κ1) is 12.9. The Morgan fingerprint density at radius 1 is 1.05 bits per heavy atom. The topological polar surface area (TPSA) is 32.7 Å². The molecule has 1 heterocycles. The lowest BCUT2D eigenvalue weighted by molar-refractivity contribution is -0.116. The van der Waals surface area contributed by atoms with Gasteiger partial charge >= 0.3 is 0 Å². The van der Waals surface area contributed by atoms with Crippen molar-refractivity contribution in [2.75, 3.05) is 11.2 Å². The highest BCUT2D eigenvalue weighted by Crippen LogP contribution is 2.37. The summed E-state index contributed by atoms with van der Waals surface area (Å²) in [5.74, 6) is 0.0502. The second-order valence-electron chi connectivity index (χ2n) is 4.44. The highest BCUT2D eigenvalue weighted by molar-refractivity contribution is 8.13. The van der Waals surface area contributed by atoms with E-state index in [-0.39, 0.29) is 5.91 Å². The summed E-state index contributed by atoms with van der Waals surface area (Å²) >= 11 is 1.53. The molecule has 0 N–H and O–H groups in total. The van der Waals surface area contributed by atoms with Crippen molar-refractivity contribution in [2.45, 2.75) is 6.42 Å². The van der Waals surface area contributed by atoms with Crippen molar-refractivity contribution in [1.29, 1.82) is 0 Å². The van der Waals surface area contributed by atoms with E-state index in [2.05, 4.69) is 4.99 Å². The van der Waals surface area contributed by atoms with Gasteiger partial charge in [0.15, 0.2) is 0 Å². The maximum Gasteiger partial charge on any atom is 0.238 e. The van der Waals surface area contributed by atoms with Crippen LogP contribution in [0.2, 0.25) is 0 Å². The molecule has 0 radical (unpaired) electrons. The molecule has 0 aromatic heterocycles. The maximum absolute atomic E-state index is 12.6. The summed E-state index contributed by atoms with van der Waals surface area (Å²) in [4.78, 5) is 18.9. The van der Waals surface area contributed by atoms with E-state index in [1.54, 1.807) is 4.90 Å². The van der Waals surface area contributed by atoms with Crippen molar-refractivity contribution >= 4 is 39.8 Å². The Kier molecular flexibility index (Phi) is 3.56. The molecule has 0 aliphatic carbocycles. The lowest BCUT2D eigenvalue weighted by Crippen LogP contribution is -2.26. The molecule has 1 aliphatic rings.